The van der Waals surface area contributed by atoms with E-state index in [9.17, 15) is 0 Å². The van der Waals surface area contributed by atoms with Gasteiger partial charge in [0, 0.05) is 22.6 Å². The molecule has 43 heavy (non-hydrogen) atoms. The number of nitrogens with zero attached hydrogens (tertiary/aromatic N) is 2. The summed E-state index contributed by atoms with van der Waals surface area (Å²) in [6, 6.07) is 37.6. The van der Waals surface area contributed by atoms with E-state index in [0.717, 1.165) is 51.8 Å². The lowest BCUT2D eigenvalue weighted by Crippen LogP contribution is -2.07. The quantitative estimate of drug-likeness (QED) is 0.132. The lowest BCUT2D eigenvalue weighted by molar-refractivity contribution is 0.669. The summed E-state index contributed by atoms with van der Waals surface area (Å²) in [5.74, 6) is 0.769. The minimum absolute atomic E-state index is 0.252. The third-order valence-corrected chi connectivity index (χ3v) is 8.25. The van der Waals surface area contributed by atoms with Crippen molar-refractivity contribution in [3.05, 3.63) is 144 Å². The van der Waals surface area contributed by atoms with Crippen LogP contribution in [-0.2, 0) is 0 Å². The van der Waals surface area contributed by atoms with Crippen LogP contribution < -0.4 is 0 Å². The number of fused-ring (bicyclic) bond motifs is 3. The van der Waals surface area contributed by atoms with Crippen molar-refractivity contribution in [3.8, 4) is 11.1 Å². The maximum atomic E-state index is 8.74. The van der Waals surface area contributed by atoms with E-state index in [0.29, 0.717) is 5.84 Å². The van der Waals surface area contributed by atoms with Crippen molar-refractivity contribution in [3.63, 3.8) is 0 Å². The molecule has 8 rings (SSSR count). The van der Waals surface area contributed by atoms with Crippen molar-refractivity contribution in [1.82, 2.24) is 0 Å². The van der Waals surface area contributed by atoms with Gasteiger partial charge in [0.05, 0.1) is 0 Å². The lowest BCUT2D eigenvalue weighted by atomic mass is 9.92. The second-order valence-corrected chi connectivity index (χ2v) is 10.9. The Hall–Kier alpha value is -5.61. The summed E-state index contributed by atoms with van der Waals surface area (Å²) in [4.78, 5) is 9.55. The van der Waals surface area contributed by atoms with Gasteiger partial charge in [-0.05, 0) is 80.9 Å². The van der Waals surface area contributed by atoms with Crippen molar-refractivity contribution < 1.29 is 4.42 Å². The molecule has 0 saturated carbocycles. The fourth-order valence-electron chi connectivity index (χ4n) is 6.16. The number of furan rings is 1. The summed E-state index contributed by atoms with van der Waals surface area (Å²) in [6.45, 7) is 0. The highest BCUT2D eigenvalue weighted by molar-refractivity contribution is 6.33. The fraction of sp³-hybridized carbons (Fsp3) is 0.0513. The van der Waals surface area contributed by atoms with Crippen LogP contribution in [0.5, 0.6) is 0 Å². The molecule has 0 fully saturated rings. The van der Waals surface area contributed by atoms with Gasteiger partial charge in [-0.1, -0.05) is 103 Å². The maximum Gasteiger partial charge on any atom is 0.161 e. The second-order valence-electron chi connectivity index (χ2n) is 10.9. The van der Waals surface area contributed by atoms with Gasteiger partial charge in [0.25, 0.3) is 0 Å². The number of rotatable bonds is 4. The van der Waals surface area contributed by atoms with Gasteiger partial charge in [0.1, 0.15) is 17.0 Å². The smallest absolute Gasteiger partial charge is 0.161 e. The average molecular weight is 554 g/mol. The molecule has 1 aliphatic carbocycles. The molecule has 6 aromatic carbocycles. The SMILES string of the molecule is N=C(N=C(N=Cc1ccccc1)c1cccc(-c2ccc3c(c2)c2cccc4oc5cccc3c5c42)c1)C1=CC=CCC1. The van der Waals surface area contributed by atoms with Crippen LogP contribution in [0.2, 0.25) is 0 Å². The topological polar surface area (TPSA) is 61.7 Å². The molecule has 204 valence electrons. The summed E-state index contributed by atoms with van der Waals surface area (Å²) in [6.07, 6.45) is 9.64. The van der Waals surface area contributed by atoms with Gasteiger partial charge in [0.2, 0.25) is 0 Å². The molecule has 0 spiro atoms. The van der Waals surface area contributed by atoms with E-state index < -0.39 is 0 Å². The predicted octanol–water partition coefficient (Wildman–Crippen LogP) is 10.1. The van der Waals surface area contributed by atoms with Crippen molar-refractivity contribution >= 4 is 61.4 Å². The van der Waals surface area contributed by atoms with E-state index in [1.165, 1.54) is 32.3 Å². The van der Waals surface area contributed by atoms with Crippen molar-refractivity contribution in [2.45, 2.75) is 12.8 Å². The molecule has 1 aliphatic rings. The van der Waals surface area contributed by atoms with E-state index in [-0.39, 0.29) is 5.84 Å². The van der Waals surface area contributed by atoms with Gasteiger partial charge in [-0.2, -0.15) is 0 Å². The van der Waals surface area contributed by atoms with Crippen LogP contribution in [-0.4, -0.2) is 17.9 Å². The van der Waals surface area contributed by atoms with Gasteiger partial charge in [-0.15, -0.1) is 0 Å². The molecule has 7 aromatic rings. The number of allylic oxidation sites excluding steroid dienone is 3. The third-order valence-electron chi connectivity index (χ3n) is 8.25. The Morgan fingerprint density at radius 1 is 0.698 bits per heavy atom. The number of aliphatic imine (C=N–C) groups is 2. The number of hydrogen-bond acceptors (Lipinski definition) is 2. The second kappa shape index (κ2) is 10.3. The monoisotopic (exact) mass is 553 g/mol. The van der Waals surface area contributed by atoms with E-state index in [4.69, 9.17) is 19.8 Å². The molecule has 0 radical (unpaired) electrons. The van der Waals surface area contributed by atoms with Gasteiger partial charge >= 0.3 is 0 Å². The Kier molecular flexibility index (Phi) is 6.04. The Morgan fingerprint density at radius 2 is 1.44 bits per heavy atom. The summed E-state index contributed by atoms with van der Waals surface area (Å²) in [5.41, 5.74) is 6.79. The van der Waals surface area contributed by atoms with Gasteiger partial charge in [-0.25, -0.2) is 9.98 Å². The number of nitrogens with one attached hydrogen (secondary N) is 1. The molecule has 1 N–H and O–H groups in total. The summed E-state index contributed by atoms with van der Waals surface area (Å²) < 4.78 is 6.22. The molecule has 0 unspecified atom stereocenters. The molecular weight excluding hydrogens is 526 g/mol. The molecular formula is C39H27N3O. The Labute approximate surface area is 248 Å². The standard InChI is InChI=1S/C39H27N3O/c40-38(26-12-5-2-6-13-26)42-39(41-24-25-10-3-1-4-11-25)29-15-7-14-27(22-29)28-20-21-30-31-16-8-18-34-36(31)37-32(33(30)23-28)17-9-19-35(37)43-34/h1-5,7-12,14-24,40H,6,13H2. The average Bonchev–Trinajstić information content (AvgIpc) is 3.46. The number of amidine groups is 2. The zero-order chi connectivity index (χ0) is 28.8. The first kappa shape index (κ1) is 25.1. The fourth-order valence-corrected chi connectivity index (χ4v) is 6.16. The van der Waals surface area contributed by atoms with Crippen molar-refractivity contribution in [1.29, 1.82) is 5.41 Å². The van der Waals surface area contributed by atoms with Crippen LogP contribution in [0, 0.1) is 5.41 Å². The zero-order valence-electron chi connectivity index (χ0n) is 23.4. The number of benzene rings is 6. The lowest BCUT2D eigenvalue weighted by Gasteiger charge is -2.12. The Bertz CT molecular complexity index is 2300. The van der Waals surface area contributed by atoms with Crippen molar-refractivity contribution in [2.75, 3.05) is 0 Å². The number of hydrogen-bond donors (Lipinski definition) is 1. The van der Waals surface area contributed by atoms with E-state index in [2.05, 4.69) is 66.7 Å². The molecule has 0 bridgehead atoms. The maximum absolute atomic E-state index is 8.74. The van der Waals surface area contributed by atoms with Crippen LogP contribution in [0.25, 0.3) is 54.6 Å². The van der Waals surface area contributed by atoms with Gasteiger partial charge in [-0.3, -0.25) is 5.41 Å². The molecule has 0 amide bonds. The highest BCUT2D eigenvalue weighted by Crippen LogP contribution is 2.43. The van der Waals surface area contributed by atoms with Gasteiger partial charge in [0.15, 0.2) is 5.84 Å². The Balaban J connectivity index is 1.26. The van der Waals surface area contributed by atoms with E-state index in [1.54, 1.807) is 0 Å². The first-order chi connectivity index (χ1) is 21.2. The molecule has 4 nitrogen and oxygen atoms in total. The summed E-state index contributed by atoms with van der Waals surface area (Å²) >= 11 is 0. The molecule has 0 saturated heterocycles. The summed E-state index contributed by atoms with van der Waals surface area (Å²) in [7, 11) is 0. The third kappa shape index (κ3) is 4.45. The zero-order valence-corrected chi connectivity index (χ0v) is 23.4. The molecule has 0 aliphatic heterocycles. The van der Waals surface area contributed by atoms with E-state index >= 15 is 0 Å². The highest BCUT2D eigenvalue weighted by atomic mass is 16.3. The van der Waals surface area contributed by atoms with Crippen LogP contribution in [0.4, 0.5) is 0 Å². The van der Waals surface area contributed by atoms with Crippen LogP contribution >= 0.6 is 0 Å². The normalized spacial score (nSPS) is 14.0. The summed E-state index contributed by atoms with van der Waals surface area (Å²) in [5, 5.41) is 15.9. The van der Waals surface area contributed by atoms with Crippen LogP contribution in [0.3, 0.4) is 0 Å². The largest absolute Gasteiger partial charge is 0.456 e. The molecule has 4 heteroatoms. The first-order valence-corrected chi connectivity index (χ1v) is 14.6. The van der Waals surface area contributed by atoms with Gasteiger partial charge < -0.3 is 4.42 Å². The van der Waals surface area contributed by atoms with Crippen LogP contribution in [0.15, 0.2) is 147 Å². The Morgan fingerprint density at radius 3 is 2.21 bits per heavy atom. The molecule has 1 heterocycles. The molecule has 1 aromatic heterocycles. The molecule has 0 atom stereocenters. The predicted molar refractivity (Wildman–Crippen MR) is 180 cm³/mol. The highest BCUT2D eigenvalue weighted by Gasteiger charge is 2.17. The van der Waals surface area contributed by atoms with Crippen molar-refractivity contribution in [2.24, 2.45) is 9.98 Å². The minimum Gasteiger partial charge on any atom is -0.456 e. The van der Waals surface area contributed by atoms with E-state index in [1.807, 2.05) is 66.9 Å². The minimum atomic E-state index is 0.252. The first-order valence-electron chi connectivity index (χ1n) is 14.6. The van der Waals surface area contributed by atoms with Crippen LogP contribution in [0.1, 0.15) is 24.0 Å².